The lowest BCUT2D eigenvalue weighted by molar-refractivity contribution is -0.301. The zero-order valence-electron chi connectivity index (χ0n) is 49.8. The van der Waals surface area contributed by atoms with Gasteiger partial charge in [0, 0.05) is 19.3 Å². The number of ether oxygens (including phenoxy) is 5. The fourth-order valence-corrected chi connectivity index (χ4v) is 9.20. The minimum atomic E-state index is -1.91. The maximum atomic E-state index is 13.2. The highest BCUT2D eigenvalue weighted by Gasteiger charge is 2.50. The van der Waals surface area contributed by atoms with Gasteiger partial charge in [-0.2, -0.15) is 0 Å². The molecule has 12 heteroatoms. The third kappa shape index (κ3) is 44.3. The molecule has 0 aliphatic carbocycles. The quantitative estimate of drug-likeness (QED) is 0.0228. The Hall–Kier alpha value is -4.10. The normalized spacial score (nSPS) is 18.4. The second-order valence-corrected chi connectivity index (χ2v) is 21.3. The number of aliphatic carboxylic acids is 1. The zero-order chi connectivity index (χ0) is 57.5. The molecule has 0 spiro atoms. The Balaban J connectivity index is 2.68. The number of hydrogen-bond acceptors (Lipinski definition) is 11. The number of hydrogen-bond donors (Lipinski definition) is 3. The Kier molecular flexibility index (Phi) is 50.3. The molecule has 0 radical (unpaired) electrons. The van der Waals surface area contributed by atoms with Gasteiger partial charge in [-0.05, 0) is 89.9 Å². The molecule has 1 fully saturated rings. The zero-order valence-corrected chi connectivity index (χ0v) is 49.8. The molecule has 0 aromatic rings. The predicted molar refractivity (Wildman–Crippen MR) is 321 cm³/mol. The average Bonchev–Trinajstić information content (AvgIpc) is 3.44. The molecule has 79 heavy (non-hydrogen) atoms. The van der Waals surface area contributed by atoms with E-state index in [4.69, 9.17) is 23.7 Å². The average molecular weight is 1110 g/mol. The number of carbonyl (C=O) groups excluding carboxylic acids is 3. The van der Waals surface area contributed by atoms with Crippen molar-refractivity contribution in [2.24, 2.45) is 0 Å². The van der Waals surface area contributed by atoms with E-state index < -0.39 is 67.3 Å². The maximum absolute atomic E-state index is 13.2. The van der Waals surface area contributed by atoms with E-state index in [9.17, 15) is 34.5 Å². The minimum absolute atomic E-state index is 0.0407. The van der Waals surface area contributed by atoms with E-state index in [1.165, 1.54) is 70.6 Å². The van der Waals surface area contributed by atoms with E-state index in [0.717, 1.165) is 135 Å². The molecule has 6 atom stereocenters. The van der Waals surface area contributed by atoms with Gasteiger partial charge in [0.15, 0.2) is 24.6 Å². The van der Waals surface area contributed by atoms with Gasteiger partial charge in [0.25, 0.3) is 0 Å². The molecule has 1 aliphatic rings. The van der Waals surface area contributed by atoms with Crippen LogP contribution in [0.15, 0.2) is 85.1 Å². The summed E-state index contributed by atoms with van der Waals surface area (Å²) < 4.78 is 28.5. The summed E-state index contributed by atoms with van der Waals surface area (Å²) in [4.78, 5) is 51.3. The summed E-state index contributed by atoms with van der Waals surface area (Å²) >= 11 is 0. The number of carboxylic acid groups (broad SMARTS) is 1. The number of unbranched alkanes of at least 4 members (excludes halogenated alkanes) is 25. The molecule has 6 unspecified atom stereocenters. The molecule has 1 saturated heterocycles. The fourth-order valence-electron chi connectivity index (χ4n) is 9.20. The molecule has 0 amide bonds. The molecule has 452 valence electrons. The summed E-state index contributed by atoms with van der Waals surface area (Å²) in [5.41, 5.74) is 0. The van der Waals surface area contributed by atoms with Crippen molar-refractivity contribution >= 4 is 23.9 Å². The first-order valence-electron chi connectivity index (χ1n) is 31.6. The first kappa shape index (κ1) is 72.9. The van der Waals surface area contributed by atoms with E-state index in [1.54, 1.807) is 0 Å². The van der Waals surface area contributed by atoms with Crippen molar-refractivity contribution in [3.63, 3.8) is 0 Å². The van der Waals surface area contributed by atoms with Crippen LogP contribution >= 0.6 is 0 Å². The lowest BCUT2D eigenvalue weighted by atomic mass is 9.98. The highest BCUT2D eigenvalue weighted by Crippen LogP contribution is 2.26. The molecule has 1 heterocycles. The molecule has 1 rings (SSSR count). The van der Waals surface area contributed by atoms with Crippen LogP contribution in [0.4, 0.5) is 0 Å². The third-order valence-electron chi connectivity index (χ3n) is 14.0. The Bertz CT molecular complexity index is 1700. The smallest absolute Gasteiger partial charge is 0.335 e. The summed E-state index contributed by atoms with van der Waals surface area (Å²) in [6.45, 7) is 5.77. The number of carboxylic acids is 1. The summed E-state index contributed by atoms with van der Waals surface area (Å²) in [5, 5.41) is 31.6. The van der Waals surface area contributed by atoms with Crippen LogP contribution in [0.25, 0.3) is 0 Å². The van der Waals surface area contributed by atoms with Crippen molar-refractivity contribution in [3.05, 3.63) is 85.1 Å². The van der Waals surface area contributed by atoms with Crippen LogP contribution in [0.3, 0.4) is 0 Å². The fraction of sp³-hybridized carbons (Fsp3) is 0.731. The van der Waals surface area contributed by atoms with Gasteiger partial charge in [-0.1, -0.05) is 241 Å². The van der Waals surface area contributed by atoms with Gasteiger partial charge in [-0.25, -0.2) is 4.79 Å². The van der Waals surface area contributed by atoms with Gasteiger partial charge in [0.05, 0.1) is 6.61 Å². The predicted octanol–water partition coefficient (Wildman–Crippen LogP) is 16.7. The minimum Gasteiger partial charge on any atom is -0.479 e. The summed E-state index contributed by atoms with van der Waals surface area (Å²) in [7, 11) is 0. The lowest BCUT2D eigenvalue weighted by Gasteiger charge is -2.40. The summed E-state index contributed by atoms with van der Waals surface area (Å²) in [5.74, 6) is -3.15. The van der Waals surface area contributed by atoms with E-state index >= 15 is 0 Å². The SMILES string of the molecule is CC/C=C\C/C=C\C/C=C\C/C=C\CCCCCCCCC(=O)OC1C(OCC(COC(=O)CCCCCCC/C=C\C/C=C\C/C=C\CC)OC(=O)CCCCCCCCCCCCCCCCC)OC(C(=O)O)C(O)C1O. The first-order chi connectivity index (χ1) is 38.6. The van der Waals surface area contributed by atoms with E-state index in [2.05, 4.69) is 106 Å². The van der Waals surface area contributed by atoms with Crippen LogP contribution in [-0.4, -0.2) is 89.2 Å². The van der Waals surface area contributed by atoms with Crippen LogP contribution < -0.4 is 0 Å². The maximum Gasteiger partial charge on any atom is 0.335 e. The third-order valence-corrected chi connectivity index (χ3v) is 14.0. The van der Waals surface area contributed by atoms with Crippen LogP contribution in [0.5, 0.6) is 0 Å². The Morgan fingerprint density at radius 3 is 1.22 bits per heavy atom. The topological polar surface area (TPSA) is 175 Å². The van der Waals surface area contributed by atoms with Crippen molar-refractivity contribution in [2.45, 2.75) is 302 Å². The largest absolute Gasteiger partial charge is 0.479 e. The van der Waals surface area contributed by atoms with Crippen molar-refractivity contribution in [2.75, 3.05) is 13.2 Å². The lowest BCUT2D eigenvalue weighted by Crippen LogP contribution is -2.61. The molecule has 0 bridgehead atoms. The molecule has 1 aliphatic heterocycles. The number of aliphatic hydroxyl groups excluding tert-OH is 2. The van der Waals surface area contributed by atoms with Crippen molar-refractivity contribution in [1.29, 1.82) is 0 Å². The van der Waals surface area contributed by atoms with Crippen molar-refractivity contribution < 1.29 is 58.2 Å². The van der Waals surface area contributed by atoms with Gasteiger partial charge in [0.1, 0.15) is 18.8 Å². The van der Waals surface area contributed by atoms with Crippen LogP contribution in [-0.2, 0) is 42.9 Å². The number of esters is 3. The molecule has 12 nitrogen and oxygen atoms in total. The van der Waals surface area contributed by atoms with Gasteiger partial charge < -0.3 is 39.0 Å². The van der Waals surface area contributed by atoms with Crippen LogP contribution in [0.1, 0.15) is 265 Å². The number of rotatable bonds is 53. The Morgan fingerprint density at radius 1 is 0.430 bits per heavy atom. The summed E-state index contributed by atoms with van der Waals surface area (Å²) in [6.07, 6.45) is 58.2. The number of aliphatic hydroxyl groups is 2. The highest BCUT2D eigenvalue weighted by atomic mass is 16.7. The van der Waals surface area contributed by atoms with E-state index in [-0.39, 0.29) is 25.9 Å². The van der Waals surface area contributed by atoms with E-state index in [1.807, 2.05) is 0 Å². The second-order valence-electron chi connectivity index (χ2n) is 21.3. The Labute approximate surface area is 480 Å². The van der Waals surface area contributed by atoms with E-state index in [0.29, 0.717) is 19.3 Å². The highest BCUT2D eigenvalue weighted by molar-refractivity contribution is 5.74. The summed E-state index contributed by atoms with van der Waals surface area (Å²) in [6, 6.07) is 0. The van der Waals surface area contributed by atoms with Gasteiger partial charge in [0.2, 0.25) is 0 Å². The molecule has 0 saturated carbocycles. The molecule has 0 aromatic carbocycles. The van der Waals surface area contributed by atoms with Gasteiger partial charge in [-0.15, -0.1) is 0 Å². The van der Waals surface area contributed by atoms with Crippen molar-refractivity contribution in [3.8, 4) is 0 Å². The van der Waals surface area contributed by atoms with Crippen LogP contribution in [0, 0.1) is 0 Å². The first-order valence-corrected chi connectivity index (χ1v) is 31.6. The van der Waals surface area contributed by atoms with Crippen LogP contribution in [0.2, 0.25) is 0 Å². The standard InChI is InChI=1S/C67H112O12/c1-4-7-10-13-16-19-22-25-28-29-30-31-34-37-40-43-46-49-52-55-61(70)78-65-63(72)62(71)64(66(73)74)79-67(65)76-57-58(77-60(69)54-51-48-45-42-39-36-33-27-24-21-18-15-12-9-6-3)56-75-59(68)53-50-47-44-41-38-35-32-26-23-20-17-14-11-8-5-2/h7-8,10-11,16-17,19-20,25-26,28,30-32,58,62-65,67,71-72H,4-6,9,12-15,18,21-24,27,29,33-57H2,1-3H3,(H,73,74)/b10-7-,11-8-,19-16-,20-17-,28-25-,31-30-,32-26-. The number of carbonyl (C=O) groups is 4. The molecular weight excluding hydrogens is 997 g/mol. The molecule has 3 N–H and O–H groups in total. The van der Waals surface area contributed by atoms with Gasteiger partial charge >= 0.3 is 23.9 Å². The Morgan fingerprint density at radius 2 is 0.797 bits per heavy atom. The number of allylic oxidation sites excluding steroid dienone is 14. The van der Waals surface area contributed by atoms with Gasteiger partial charge in [-0.3, -0.25) is 14.4 Å². The second kappa shape index (κ2) is 54.5. The van der Waals surface area contributed by atoms with Crippen molar-refractivity contribution in [1.82, 2.24) is 0 Å². The molecule has 0 aromatic heterocycles. The monoisotopic (exact) mass is 1110 g/mol. The molecular formula is C67H112O12.